The van der Waals surface area contributed by atoms with E-state index in [1.54, 1.807) is 42.6 Å². The molecule has 28 nitrogen and oxygen atoms in total. The third-order valence-electron chi connectivity index (χ3n) is 20.1. The van der Waals surface area contributed by atoms with Crippen LogP contribution in [0.5, 0.6) is 5.75 Å². The molecule has 101 heavy (non-hydrogen) atoms. The van der Waals surface area contributed by atoms with Gasteiger partial charge in [0, 0.05) is 79.4 Å². The van der Waals surface area contributed by atoms with Crippen LogP contribution in [0.15, 0.2) is 91.1 Å². The molecule has 2 aliphatic carbocycles. The lowest BCUT2D eigenvalue weighted by Gasteiger charge is -2.57. The van der Waals surface area contributed by atoms with E-state index in [-0.39, 0.29) is 66.4 Å². The smallest absolute Gasteiger partial charge is 0.410 e. The number of imide groups is 1. The first kappa shape index (κ1) is 73.4. The summed E-state index contributed by atoms with van der Waals surface area (Å²) in [4.78, 5) is 103. The number of fused-ring (bicyclic) bond motifs is 4. The van der Waals surface area contributed by atoms with Gasteiger partial charge in [-0.05, 0) is 148 Å². The highest BCUT2D eigenvalue weighted by Gasteiger charge is 2.53. The molecule has 9 atom stereocenters. The van der Waals surface area contributed by atoms with Crippen LogP contribution in [-0.2, 0) is 65.9 Å². The molecule has 3 aromatic heterocycles. The molecule has 3 aromatic carbocycles. The number of pyridine rings is 1. The van der Waals surface area contributed by atoms with E-state index in [1.807, 2.05) is 52.9 Å². The summed E-state index contributed by atoms with van der Waals surface area (Å²) in [6.45, 7) is 6.19. The Bertz CT molecular complexity index is 4020. The zero-order valence-electron chi connectivity index (χ0n) is 56.6. The molecule has 0 spiro atoms. The SMILES string of the molecule is Cc1c(-c2ccc(N3CCc4cccc(C(=O)Nc5nc6ccccc6s5)c4C3)nc2C(=O)O)cnn1CCCC1(OCCN(CC[C@H](O)[C@H](O)CO)C(=O)OCc2ccc(CCCCNC(=O)CN3C(=O)C=CC3=O)cc2O[C@@H]2O[C@H](C(=O)O)[C@@H](O)[C@H](O)[C@H]2O)CC2(C)CCCC(C)(C2)C1. The summed E-state index contributed by atoms with van der Waals surface area (Å²) >= 11 is 1.39. The Kier molecular flexibility index (Phi) is 23.0. The van der Waals surface area contributed by atoms with Crippen molar-refractivity contribution in [3.05, 3.63) is 130 Å². The van der Waals surface area contributed by atoms with Crippen molar-refractivity contribution in [1.82, 2.24) is 34.9 Å². The molecule has 2 unspecified atom stereocenters. The number of anilines is 2. The van der Waals surface area contributed by atoms with E-state index in [0.29, 0.717) is 91.4 Å². The molecule has 3 aliphatic heterocycles. The number of unbranched alkanes of at least 4 members (excludes halogenated alkanes) is 1. The molecule has 5 aliphatic rings. The van der Waals surface area contributed by atoms with Gasteiger partial charge in [-0.15, -0.1) is 0 Å². The molecule has 3 fully saturated rings. The minimum atomic E-state index is -2.01. The standard InChI is InChI=1S/C72H87N9O19S/c1-42-48(46-18-19-55(76-59(46)65(92)93)79-29-22-44-12-8-13-47(49(44)35-79)64(91)77-68-75-50-14-4-5-15-54(50)101-68)34-74-81(42)28-10-26-72(40-70(2)24-9-25-71(3,39-70)41-72)98-32-31-78(30-23-51(83)52(84)37-82)69(96)97-38-45-17-16-43(11-6-7-27-73-56(85)36-80-57(86)20-21-58(80)87)33-53(45)99-67-62(90)60(88)61(89)63(100-67)66(94)95/h4-5,8,12-21,33-34,51-52,60-63,67,82-84,88-90H,6-7,9-11,22-32,35-41H2,1-3H3,(H,73,85)(H,92,93)(H,94,95)(H,75,77,91)/t51-,52+,60-,61-,62+,63-,67+,70?,71?,72?/m0/s1. The number of carboxylic acid groups (broad SMARTS) is 2. The summed E-state index contributed by atoms with van der Waals surface area (Å²) in [5.41, 5.74) is 4.79. The maximum absolute atomic E-state index is 14.4. The lowest BCUT2D eigenvalue weighted by atomic mass is 9.51. The van der Waals surface area contributed by atoms with Gasteiger partial charge >= 0.3 is 18.0 Å². The molecular formula is C72H87N9O19S. The number of aromatic carboxylic acids is 1. The fourth-order valence-electron chi connectivity index (χ4n) is 15.2. The van der Waals surface area contributed by atoms with Gasteiger partial charge in [0.2, 0.25) is 12.2 Å². The number of aliphatic hydroxyl groups excluding tert-OH is 6. The Labute approximate surface area is 586 Å². The molecule has 10 N–H and O–H groups in total. The number of amides is 5. The molecule has 11 rings (SSSR count). The number of carbonyl (C=O) groups excluding carboxylic acids is 5. The van der Waals surface area contributed by atoms with Crippen molar-refractivity contribution < 1.29 is 93.4 Å². The number of carbonyl (C=O) groups is 7. The molecule has 29 heteroatoms. The minimum Gasteiger partial charge on any atom is -0.479 e. The van der Waals surface area contributed by atoms with Crippen LogP contribution in [0.1, 0.15) is 133 Å². The predicted octanol–water partition coefficient (Wildman–Crippen LogP) is 5.67. The van der Waals surface area contributed by atoms with Crippen molar-refractivity contribution in [3.8, 4) is 16.9 Å². The molecule has 6 aromatic rings. The Morgan fingerprint density at radius 3 is 2.35 bits per heavy atom. The Morgan fingerprint density at radius 1 is 0.851 bits per heavy atom. The van der Waals surface area contributed by atoms with E-state index in [9.17, 15) is 74.4 Å². The highest BCUT2D eigenvalue weighted by Crippen LogP contribution is 2.60. The van der Waals surface area contributed by atoms with Crippen molar-refractivity contribution in [3.63, 3.8) is 0 Å². The first-order valence-corrected chi connectivity index (χ1v) is 35.0. The maximum atomic E-state index is 14.4. The number of para-hydroxylation sites is 1. The Hall–Kier alpha value is -8.78. The first-order valence-electron chi connectivity index (χ1n) is 34.2. The van der Waals surface area contributed by atoms with E-state index in [0.717, 1.165) is 82.6 Å². The molecule has 1 saturated heterocycles. The average Bonchev–Trinajstić information content (AvgIpc) is 1.27. The Balaban J connectivity index is 0.760. The summed E-state index contributed by atoms with van der Waals surface area (Å²) in [7, 11) is 0. The maximum Gasteiger partial charge on any atom is 0.410 e. The van der Waals surface area contributed by atoms with E-state index >= 15 is 0 Å². The van der Waals surface area contributed by atoms with Crippen molar-refractivity contribution in [2.45, 2.75) is 172 Å². The van der Waals surface area contributed by atoms with Crippen LogP contribution in [0.4, 0.5) is 15.7 Å². The third kappa shape index (κ3) is 17.2. The molecule has 0 radical (unpaired) electrons. The average molecular weight is 1410 g/mol. The number of benzene rings is 3. The second kappa shape index (κ2) is 31.6. The highest BCUT2D eigenvalue weighted by atomic mass is 32.1. The molecule has 2 bridgehead atoms. The van der Waals surface area contributed by atoms with Crippen molar-refractivity contribution in [2.75, 3.05) is 56.2 Å². The van der Waals surface area contributed by atoms with Crippen molar-refractivity contribution in [2.24, 2.45) is 10.8 Å². The van der Waals surface area contributed by atoms with Crippen molar-refractivity contribution >= 4 is 74.2 Å². The number of thiazole rings is 1. The molecular weight excluding hydrogens is 1330 g/mol. The zero-order chi connectivity index (χ0) is 71.9. The third-order valence-corrected chi connectivity index (χ3v) is 21.0. The number of ether oxygens (including phenoxy) is 4. The summed E-state index contributed by atoms with van der Waals surface area (Å²) < 4.78 is 27.4. The quantitative estimate of drug-likeness (QED) is 0.0192. The first-order chi connectivity index (χ1) is 48.3. The molecule has 5 amide bonds. The largest absolute Gasteiger partial charge is 0.479 e. The van der Waals surface area contributed by atoms with E-state index in [1.165, 1.54) is 16.2 Å². The monoisotopic (exact) mass is 1410 g/mol. The molecule has 540 valence electrons. The van der Waals surface area contributed by atoms with Gasteiger partial charge in [0.05, 0.1) is 41.3 Å². The predicted molar refractivity (Wildman–Crippen MR) is 366 cm³/mol. The summed E-state index contributed by atoms with van der Waals surface area (Å²) in [5, 5.41) is 94.4. The summed E-state index contributed by atoms with van der Waals surface area (Å²) in [6, 6.07) is 21.7. The number of aryl methyl sites for hydroxylation is 2. The van der Waals surface area contributed by atoms with Crippen LogP contribution in [0, 0.1) is 17.8 Å². The van der Waals surface area contributed by atoms with Gasteiger partial charge in [-0.3, -0.25) is 34.1 Å². The minimum absolute atomic E-state index is 0.0229. The van der Waals surface area contributed by atoms with Crippen LogP contribution in [0.25, 0.3) is 21.3 Å². The van der Waals surface area contributed by atoms with Gasteiger partial charge in [-0.25, -0.2) is 24.4 Å². The summed E-state index contributed by atoms with van der Waals surface area (Å²) in [6.07, 6.45) is -1.23. The fourth-order valence-corrected chi connectivity index (χ4v) is 16.1. The summed E-state index contributed by atoms with van der Waals surface area (Å²) in [5.74, 6) is -4.43. The van der Waals surface area contributed by atoms with Crippen LogP contribution < -0.4 is 20.3 Å². The number of nitrogens with zero attached hydrogens (tertiary/aromatic N) is 7. The van der Waals surface area contributed by atoms with Crippen LogP contribution in [0.3, 0.4) is 0 Å². The van der Waals surface area contributed by atoms with Gasteiger partial charge in [0.25, 0.3) is 17.7 Å². The number of rotatable bonds is 30. The van der Waals surface area contributed by atoms with Gasteiger partial charge in [-0.2, -0.15) is 5.10 Å². The molecule has 2 saturated carbocycles. The van der Waals surface area contributed by atoms with E-state index in [2.05, 4.69) is 29.5 Å². The topological polar surface area (TPSA) is 396 Å². The van der Waals surface area contributed by atoms with Gasteiger partial charge in [0.1, 0.15) is 49.1 Å². The van der Waals surface area contributed by atoms with Crippen LogP contribution >= 0.6 is 11.3 Å². The van der Waals surface area contributed by atoms with E-state index in [4.69, 9.17) is 29.0 Å². The lowest BCUT2D eigenvalue weighted by Crippen LogP contribution is -2.61. The second-order valence-corrected chi connectivity index (χ2v) is 28.8. The number of carboxylic acids is 2. The highest BCUT2D eigenvalue weighted by molar-refractivity contribution is 7.22. The molecule has 6 heterocycles. The number of hydrogen-bond acceptors (Lipinski definition) is 22. The number of aromatic nitrogens is 4. The van der Waals surface area contributed by atoms with Gasteiger partial charge in [0.15, 0.2) is 16.9 Å². The van der Waals surface area contributed by atoms with Crippen LogP contribution in [0.2, 0.25) is 0 Å². The number of nitrogens with one attached hydrogen (secondary N) is 2. The fraction of sp³-hybridized carbons (Fsp3) is 0.500. The zero-order valence-corrected chi connectivity index (χ0v) is 57.4. The number of aliphatic hydroxyl groups is 6. The second-order valence-electron chi connectivity index (χ2n) is 27.8. The normalized spacial score (nSPS) is 23.9. The lowest BCUT2D eigenvalue weighted by molar-refractivity contribution is -0.271. The number of aliphatic carboxylic acids is 1. The number of hydrogen-bond donors (Lipinski definition) is 10. The van der Waals surface area contributed by atoms with Crippen molar-refractivity contribution in [1.29, 1.82) is 0 Å². The Morgan fingerprint density at radius 2 is 1.61 bits per heavy atom. The van der Waals surface area contributed by atoms with Gasteiger partial charge < -0.3 is 74.9 Å². The van der Waals surface area contributed by atoms with Crippen LogP contribution in [-0.4, -0.2) is 207 Å². The van der Waals surface area contributed by atoms with E-state index < -0.39 is 104 Å². The van der Waals surface area contributed by atoms with Gasteiger partial charge in [-0.1, -0.05) is 68.0 Å².